The van der Waals surface area contributed by atoms with Gasteiger partial charge in [-0.05, 0) is 13.8 Å². The van der Waals surface area contributed by atoms with Crippen LogP contribution in [0.3, 0.4) is 0 Å². The number of carbonyl (C=O) groups excluding carboxylic acids is 1. The number of hydrogen-bond donors (Lipinski definition) is 1. The first-order chi connectivity index (χ1) is 5.50. The molecule has 66 valence electrons. The lowest BCUT2D eigenvalue weighted by molar-refractivity contribution is -0.133. The van der Waals surface area contributed by atoms with Crippen LogP contribution in [0, 0.1) is 0 Å². The average Bonchev–Trinajstić information content (AvgIpc) is 2.37. The molecule has 0 spiro atoms. The summed E-state index contributed by atoms with van der Waals surface area (Å²) >= 11 is 1.42. The van der Waals surface area contributed by atoms with E-state index in [-0.39, 0.29) is 12.2 Å². The summed E-state index contributed by atoms with van der Waals surface area (Å²) in [6.07, 6.45) is 1.87. The van der Waals surface area contributed by atoms with Crippen LogP contribution in [0.15, 0.2) is 11.6 Å². The first-order valence-electron chi connectivity index (χ1n) is 3.64. The highest BCUT2D eigenvalue weighted by Crippen LogP contribution is 2.11. The third-order valence-corrected chi connectivity index (χ3v) is 2.26. The van der Waals surface area contributed by atoms with Crippen LogP contribution < -0.4 is 0 Å². The molecule has 0 unspecified atom stereocenters. The van der Waals surface area contributed by atoms with Gasteiger partial charge in [-0.2, -0.15) is 0 Å². The van der Waals surface area contributed by atoms with Crippen molar-refractivity contribution < 1.29 is 9.90 Å². The van der Waals surface area contributed by atoms with Crippen LogP contribution in [0.25, 0.3) is 0 Å². The van der Waals surface area contributed by atoms with Gasteiger partial charge in [-0.3, -0.25) is 4.79 Å². The number of Topliss-reactive ketones (excluding diaryl/α,β-unsaturated/α-hetero) is 1. The molecule has 0 saturated heterocycles. The molecule has 0 aromatic carbocycles. The molecule has 1 N–H and O–H groups in total. The van der Waals surface area contributed by atoms with Gasteiger partial charge in [0.05, 0.1) is 11.4 Å². The Morgan fingerprint density at radius 2 is 2.42 bits per heavy atom. The molecule has 12 heavy (non-hydrogen) atoms. The number of ketones is 1. The third-order valence-electron chi connectivity index (χ3n) is 1.48. The number of aliphatic hydroxyl groups is 1. The summed E-state index contributed by atoms with van der Waals surface area (Å²) in [5, 5.41) is 11.9. The zero-order valence-corrected chi connectivity index (χ0v) is 7.89. The standard InChI is InChI=1S/C8H11NO2S/c1-8(2,11)6(10)5-7-9-3-4-12-7/h3-4,11H,5H2,1-2H3. The van der Waals surface area contributed by atoms with E-state index in [1.165, 1.54) is 25.2 Å². The van der Waals surface area contributed by atoms with Gasteiger partial charge < -0.3 is 5.11 Å². The summed E-state index contributed by atoms with van der Waals surface area (Å²) in [6, 6.07) is 0. The Labute approximate surface area is 75.1 Å². The van der Waals surface area contributed by atoms with Crippen molar-refractivity contribution in [2.45, 2.75) is 25.9 Å². The second kappa shape index (κ2) is 3.33. The van der Waals surface area contributed by atoms with Crippen LogP contribution in [0.5, 0.6) is 0 Å². The minimum atomic E-state index is -1.24. The molecule has 0 bridgehead atoms. The van der Waals surface area contributed by atoms with E-state index >= 15 is 0 Å². The van der Waals surface area contributed by atoms with E-state index in [0.717, 1.165) is 5.01 Å². The zero-order chi connectivity index (χ0) is 9.19. The van der Waals surface area contributed by atoms with Gasteiger partial charge in [0.15, 0.2) is 5.78 Å². The third kappa shape index (κ3) is 2.39. The van der Waals surface area contributed by atoms with Crippen LogP contribution in [0.2, 0.25) is 0 Å². The van der Waals surface area contributed by atoms with Crippen molar-refractivity contribution in [3.63, 3.8) is 0 Å². The molecule has 1 aromatic rings. The van der Waals surface area contributed by atoms with Crippen LogP contribution >= 0.6 is 11.3 Å². The Bertz CT molecular complexity index is 261. The van der Waals surface area contributed by atoms with Crippen LogP contribution in [-0.4, -0.2) is 21.5 Å². The minimum absolute atomic E-state index is 0.197. The molecule has 0 fully saturated rings. The predicted octanol–water partition coefficient (Wildman–Crippen LogP) is 1.03. The van der Waals surface area contributed by atoms with E-state index in [9.17, 15) is 9.90 Å². The summed E-state index contributed by atoms with van der Waals surface area (Å²) < 4.78 is 0. The second-order valence-corrected chi connectivity index (χ2v) is 4.06. The van der Waals surface area contributed by atoms with E-state index in [4.69, 9.17) is 0 Å². The van der Waals surface area contributed by atoms with Gasteiger partial charge in [-0.15, -0.1) is 11.3 Å². The van der Waals surface area contributed by atoms with Crippen molar-refractivity contribution in [3.8, 4) is 0 Å². The van der Waals surface area contributed by atoms with Gasteiger partial charge in [0.2, 0.25) is 0 Å². The van der Waals surface area contributed by atoms with Gasteiger partial charge in [0.1, 0.15) is 5.60 Å². The Morgan fingerprint density at radius 3 is 2.83 bits per heavy atom. The van der Waals surface area contributed by atoms with E-state index in [1.807, 2.05) is 5.38 Å². The molecule has 1 aromatic heterocycles. The van der Waals surface area contributed by atoms with Crippen LogP contribution in [0.4, 0.5) is 0 Å². The summed E-state index contributed by atoms with van der Waals surface area (Å²) in [5.74, 6) is -0.197. The Hall–Kier alpha value is -0.740. The highest BCUT2D eigenvalue weighted by molar-refractivity contribution is 7.09. The second-order valence-electron chi connectivity index (χ2n) is 3.08. The van der Waals surface area contributed by atoms with Crippen molar-refractivity contribution >= 4 is 17.1 Å². The number of thiazole rings is 1. The molecule has 0 saturated carbocycles. The summed E-state index contributed by atoms with van der Waals surface area (Å²) in [6.45, 7) is 2.98. The van der Waals surface area contributed by atoms with Crippen molar-refractivity contribution in [3.05, 3.63) is 16.6 Å². The lowest BCUT2D eigenvalue weighted by Gasteiger charge is -2.13. The molecular weight excluding hydrogens is 174 g/mol. The highest BCUT2D eigenvalue weighted by atomic mass is 32.1. The smallest absolute Gasteiger partial charge is 0.170 e. The molecule has 0 aliphatic heterocycles. The van der Waals surface area contributed by atoms with E-state index in [0.29, 0.717) is 0 Å². The normalized spacial score (nSPS) is 11.6. The Balaban J connectivity index is 2.60. The molecule has 0 radical (unpaired) electrons. The number of carbonyl (C=O) groups is 1. The van der Waals surface area contributed by atoms with Gasteiger partial charge in [0.25, 0.3) is 0 Å². The number of hydrogen-bond acceptors (Lipinski definition) is 4. The number of nitrogens with zero attached hydrogens (tertiary/aromatic N) is 1. The Kier molecular flexibility index (Phi) is 2.59. The van der Waals surface area contributed by atoms with E-state index in [2.05, 4.69) is 4.98 Å². The lowest BCUT2D eigenvalue weighted by Crippen LogP contribution is -2.32. The fourth-order valence-electron chi connectivity index (χ4n) is 0.694. The van der Waals surface area contributed by atoms with Gasteiger partial charge >= 0.3 is 0 Å². The highest BCUT2D eigenvalue weighted by Gasteiger charge is 2.24. The first-order valence-corrected chi connectivity index (χ1v) is 4.52. The van der Waals surface area contributed by atoms with Crippen molar-refractivity contribution in [2.24, 2.45) is 0 Å². The molecular formula is C8H11NO2S. The Morgan fingerprint density at radius 1 is 1.75 bits per heavy atom. The zero-order valence-electron chi connectivity index (χ0n) is 7.07. The first kappa shape index (κ1) is 9.35. The van der Waals surface area contributed by atoms with E-state index < -0.39 is 5.60 Å². The van der Waals surface area contributed by atoms with Gasteiger partial charge in [-0.25, -0.2) is 4.98 Å². The van der Waals surface area contributed by atoms with Crippen molar-refractivity contribution in [1.82, 2.24) is 4.98 Å². The van der Waals surface area contributed by atoms with Crippen LogP contribution in [-0.2, 0) is 11.2 Å². The van der Waals surface area contributed by atoms with E-state index in [1.54, 1.807) is 6.20 Å². The monoisotopic (exact) mass is 185 g/mol. The largest absolute Gasteiger partial charge is 0.383 e. The molecule has 0 aliphatic carbocycles. The predicted molar refractivity (Wildman–Crippen MR) is 47.1 cm³/mol. The molecule has 4 heteroatoms. The minimum Gasteiger partial charge on any atom is -0.383 e. The summed E-state index contributed by atoms with van der Waals surface area (Å²) in [4.78, 5) is 15.2. The molecule has 0 atom stereocenters. The lowest BCUT2D eigenvalue weighted by atomic mass is 10.0. The number of aromatic nitrogens is 1. The fraction of sp³-hybridized carbons (Fsp3) is 0.500. The van der Waals surface area contributed by atoms with Gasteiger partial charge in [-0.1, -0.05) is 0 Å². The SMILES string of the molecule is CC(C)(O)C(=O)Cc1nccs1. The van der Waals surface area contributed by atoms with Gasteiger partial charge in [0, 0.05) is 11.6 Å². The van der Waals surface area contributed by atoms with Crippen molar-refractivity contribution in [1.29, 1.82) is 0 Å². The molecule has 0 amide bonds. The fourth-order valence-corrected chi connectivity index (χ4v) is 1.31. The topological polar surface area (TPSA) is 50.2 Å². The average molecular weight is 185 g/mol. The van der Waals surface area contributed by atoms with Crippen molar-refractivity contribution in [2.75, 3.05) is 0 Å². The quantitative estimate of drug-likeness (QED) is 0.765. The molecule has 1 heterocycles. The maximum Gasteiger partial charge on any atom is 0.170 e. The number of rotatable bonds is 3. The maximum absolute atomic E-state index is 11.2. The summed E-state index contributed by atoms with van der Waals surface area (Å²) in [7, 11) is 0. The molecule has 0 aliphatic rings. The molecule has 1 rings (SSSR count). The van der Waals surface area contributed by atoms with Crippen LogP contribution in [0.1, 0.15) is 18.9 Å². The maximum atomic E-state index is 11.2. The molecule has 3 nitrogen and oxygen atoms in total. The summed E-state index contributed by atoms with van der Waals surface area (Å²) in [5.41, 5.74) is -1.24.